The summed E-state index contributed by atoms with van der Waals surface area (Å²) in [5, 5.41) is 0. The van der Waals surface area contributed by atoms with E-state index in [0.717, 1.165) is 13.1 Å². The molecule has 0 bridgehead atoms. The summed E-state index contributed by atoms with van der Waals surface area (Å²) < 4.78 is 2.77. The molecule has 0 atom stereocenters. The van der Waals surface area contributed by atoms with E-state index >= 15 is 0 Å². The second-order valence-electron chi connectivity index (χ2n) is 8.27. The third-order valence-corrected chi connectivity index (χ3v) is 5.74. The highest BCUT2D eigenvalue weighted by Gasteiger charge is 2.27. The fraction of sp³-hybridized carbons (Fsp3) is 0.960. The van der Waals surface area contributed by atoms with Crippen molar-refractivity contribution in [3.8, 4) is 0 Å². The number of hydrogen-bond donors (Lipinski definition) is 0. The van der Waals surface area contributed by atoms with E-state index in [0.29, 0.717) is 0 Å². The summed E-state index contributed by atoms with van der Waals surface area (Å²) in [4.78, 5) is 5.37. The van der Waals surface area contributed by atoms with E-state index in [4.69, 9.17) is 0 Å². The molecule has 0 saturated carbocycles. The predicted molar refractivity (Wildman–Crippen MR) is 128 cm³/mol. The van der Waals surface area contributed by atoms with Crippen molar-refractivity contribution in [2.75, 3.05) is 39.3 Å². The molecule has 0 aromatic carbocycles. The average Bonchev–Trinajstić information content (AvgIpc) is 2.72. The van der Waals surface area contributed by atoms with E-state index in [9.17, 15) is 0 Å². The fourth-order valence-corrected chi connectivity index (χ4v) is 3.89. The van der Waals surface area contributed by atoms with Crippen molar-refractivity contribution in [1.82, 2.24) is 9.80 Å². The van der Waals surface area contributed by atoms with E-state index < -0.39 is 0 Å². The van der Waals surface area contributed by atoms with Crippen LogP contribution in [-0.2, 0) is 0 Å². The van der Waals surface area contributed by atoms with Gasteiger partial charge < -0.3 is 0 Å². The van der Waals surface area contributed by atoms with E-state index in [-0.39, 0.29) is 0 Å². The van der Waals surface area contributed by atoms with Gasteiger partial charge in [-0.15, -0.1) is 0 Å². The van der Waals surface area contributed by atoms with Gasteiger partial charge in [-0.05, 0) is 39.5 Å². The van der Waals surface area contributed by atoms with Crippen LogP contribution >= 0.6 is 0 Å². The van der Waals surface area contributed by atoms with E-state index in [2.05, 4.69) is 55.9 Å². The van der Waals surface area contributed by atoms with Crippen molar-refractivity contribution >= 4 is 5.96 Å². The van der Waals surface area contributed by atoms with Crippen LogP contribution in [0.3, 0.4) is 0 Å². The molecule has 0 radical (unpaired) electrons. The molecule has 0 saturated heterocycles. The molecule has 0 N–H and O–H groups in total. The lowest BCUT2D eigenvalue weighted by Gasteiger charge is -2.30. The van der Waals surface area contributed by atoms with Gasteiger partial charge in [-0.1, -0.05) is 79.1 Å². The smallest absolute Gasteiger partial charge is 0.265 e. The maximum Gasteiger partial charge on any atom is 0.350 e. The summed E-state index contributed by atoms with van der Waals surface area (Å²) in [5.74, 6) is 1.54. The Balaban J connectivity index is 5.64. The lowest BCUT2D eigenvalue weighted by atomic mass is 10.2. The van der Waals surface area contributed by atoms with Crippen LogP contribution in [-0.4, -0.2) is 59.6 Å². The molecule has 0 amide bonds. The van der Waals surface area contributed by atoms with Crippen molar-refractivity contribution in [2.45, 2.75) is 119 Å². The maximum atomic E-state index is 2.77. The first-order valence-electron chi connectivity index (χ1n) is 12.8. The van der Waals surface area contributed by atoms with E-state index in [1.807, 2.05) is 0 Å². The van der Waals surface area contributed by atoms with Gasteiger partial charge in [-0.2, -0.15) is 0 Å². The van der Waals surface area contributed by atoms with Gasteiger partial charge in [0.25, 0.3) is 0 Å². The first-order valence-corrected chi connectivity index (χ1v) is 12.8. The quantitative estimate of drug-likeness (QED) is 0.110. The van der Waals surface area contributed by atoms with Crippen LogP contribution in [0.4, 0.5) is 0 Å². The van der Waals surface area contributed by atoms with E-state index in [1.54, 1.807) is 5.96 Å². The molecule has 28 heavy (non-hydrogen) atoms. The molecule has 168 valence electrons. The second-order valence-corrected chi connectivity index (χ2v) is 8.27. The third-order valence-electron chi connectivity index (χ3n) is 5.74. The second kappa shape index (κ2) is 19.6. The summed E-state index contributed by atoms with van der Waals surface area (Å²) in [6, 6.07) is 0. The molecule has 0 aliphatic heterocycles. The number of guanidine groups is 1. The minimum Gasteiger partial charge on any atom is -0.265 e. The van der Waals surface area contributed by atoms with Crippen molar-refractivity contribution in [3.05, 3.63) is 0 Å². The molecule has 0 fully saturated rings. The summed E-state index contributed by atoms with van der Waals surface area (Å²) >= 11 is 0. The van der Waals surface area contributed by atoms with Crippen LogP contribution in [0.15, 0.2) is 0 Å². The van der Waals surface area contributed by atoms with Crippen LogP contribution in [0.1, 0.15) is 119 Å². The van der Waals surface area contributed by atoms with E-state index in [1.165, 1.54) is 103 Å². The number of hydrogen-bond acceptors (Lipinski definition) is 0. The Kier molecular flexibility index (Phi) is 19.1. The van der Waals surface area contributed by atoms with Gasteiger partial charge in [-0.3, -0.25) is 14.4 Å². The SMILES string of the molecule is CCCCCC[N+](CCCCCC)=C(N(CC)CC)N(CCCC)CCCC. The molecule has 0 aromatic heterocycles. The molecule has 3 nitrogen and oxygen atoms in total. The molecule has 0 aliphatic rings. The van der Waals surface area contributed by atoms with Crippen LogP contribution in [0, 0.1) is 0 Å². The Morgan fingerprint density at radius 1 is 0.500 bits per heavy atom. The van der Waals surface area contributed by atoms with Gasteiger partial charge >= 0.3 is 5.96 Å². The molecule has 0 unspecified atom stereocenters. The number of nitrogens with zero attached hydrogens (tertiary/aromatic N) is 3. The molecule has 0 aliphatic carbocycles. The molecule has 0 heterocycles. The standard InChI is InChI=1S/C25H54N3/c1-7-13-17-19-23-28(24-20-18-14-8-2)25(26(11-5)12-6)27(21-15-9-3)22-16-10-4/h7-24H2,1-6H3/q+1. The van der Waals surface area contributed by atoms with Crippen LogP contribution in [0.25, 0.3) is 0 Å². The van der Waals surface area contributed by atoms with Gasteiger partial charge in [0.1, 0.15) is 0 Å². The van der Waals surface area contributed by atoms with Crippen LogP contribution < -0.4 is 0 Å². The highest BCUT2D eigenvalue weighted by Crippen LogP contribution is 2.09. The molecular formula is C25H54N3+. The maximum absolute atomic E-state index is 2.77. The lowest BCUT2D eigenvalue weighted by molar-refractivity contribution is -0.539. The molecule has 3 heteroatoms. The Bertz CT molecular complexity index is 339. The molecule has 0 spiro atoms. The van der Waals surface area contributed by atoms with Gasteiger partial charge in [0.05, 0.1) is 39.3 Å². The van der Waals surface area contributed by atoms with Gasteiger partial charge in [0.15, 0.2) is 0 Å². The number of rotatable bonds is 18. The first kappa shape index (κ1) is 27.3. The Morgan fingerprint density at radius 2 is 0.929 bits per heavy atom. The lowest BCUT2D eigenvalue weighted by Crippen LogP contribution is -2.51. The predicted octanol–water partition coefficient (Wildman–Crippen LogP) is 6.76. The van der Waals surface area contributed by atoms with Crippen molar-refractivity contribution in [1.29, 1.82) is 0 Å². The van der Waals surface area contributed by atoms with Crippen molar-refractivity contribution in [3.63, 3.8) is 0 Å². The Morgan fingerprint density at radius 3 is 1.29 bits per heavy atom. The van der Waals surface area contributed by atoms with Gasteiger partial charge in [-0.25, -0.2) is 0 Å². The normalized spacial score (nSPS) is 10.9. The minimum absolute atomic E-state index is 1.11. The van der Waals surface area contributed by atoms with Crippen molar-refractivity contribution in [2.24, 2.45) is 0 Å². The number of unbranched alkanes of at least 4 members (excludes halogenated alkanes) is 8. The topological polar surface area (TPSA) is 9.49 Å². The molecule has 0 aromatic rings. The van der Waals surface area contributed by atoms with Gasteiger partial charge in [0, 0.05) is 0 Å². The third kappa shape index (κ3) is 12.0. The zero-order valence-corrected chi connectivity index (χ0v) is 20.6. The average molecular weight is 397 g/mol. The van der Waals surface area contributed by atoms with Crippen LogP contribution in [0.2, 0.25) is 0 Å². The Labute approximate surface area is 178 Å². The summed E-state index contributed by atoms with van der Waals surface area (Å²) in [6.07, 6.45) is 16.0. The summed E-state index contributed by atoms with van der Waals surface area (Å²) in [6.45, 7) is 21.0. The first-order chi connectivity index (χ1) is 13.7. The zero-order valence-electron chi connectivity index (χ0n) is 20.6. The Hall–Kier alpha value is -0.730. The minimum atomic E-state index is 1.11. The summed E-state index contributed by atoms with van der Waals surface area (Å²) in [5.41, 5.74) is 0. The fourth-order valence-electron chi connectivity index (χ4n) is 3.89. The zero-order chi connectivity index (χ0) is 21.0. The molecule has 0 rings (SSSR count). The molecular weight excluding hydrogens is 342 g/mol. The highest BCUT2D eigenvalue weighted by atomic mass is 15.4. The monoisotopic (exact) mass is 396 g/mol. The largest absolute Gasteiger partial charge is 0.350 e. The van der Waals surface area contributed by atoms with Crippen LogP contribution in [0.5, 0.6) is 0 Å². The van der Waals surface area contributed by atoms with Crippen molar-refractivity contribution < 1.29 is 4.58 Å². The van der Waals surface area contributed by atoms with Gasteiger partial charge in [0.2, 0.25) is 0 Å². The highest BCUT2D eigenvalue weighted by molar-refractivity contribution is 5.75. The summed E-state index contributed by atoms with van der Waals surface area (Å²) in [7, 11) is 0.